The van der Waals surface area contributed by atoms with E-state index < -0.39 is 4.92 Å². The zero-order chi connectivity index (χ0) is 14.0. The van der Waals surface area contributed by atoms with E-state index in [1.165, 1.54) is 29.5 Å². The Morgan fingerprint density at radius 1 is 1.53 bits per heavy atom. The van der Waals surface area contributed by atoms with Gasteiger partial charge in [0.25, 0.3) is 5.69 Å². The lowest BCUT2D eigenvalue weighted by atomic mass is 10.1. The van der Waals surface area contributed by atoms with Crippen molar-refractivity contribution in [3.05, 3.63) is 51.0 Å². The van der Waals surface area contributed by atoms with E-state index >= 15 is 0 Å². The average Bonchev–Trinajstić information content (AvgIpc) is 2.70. The maximum absolute atomic E-state index is 12.1. The molecule has 0 fully saturated rings. The average molecular weight is 278 g/mol. The molecule has 0 unspecified atom stereocenters. The number of nitrogens with two attached hydrogens (primary N) is 1. The van der Waals surface area contributed by atoms with E-state index in [2.05, 4.69) is 0 Å². The van der Waals surface area contributed by atoms with Crippen molar-refractivity contribution in [3.8, 4) is 0 Å². The number of nitro groups is 1. The van der Waals surface area contributed by atoms with Crippen molar-refractivity contribution >= 4 is 27.9 Å². The molecule has 0 saturated carbocycles. The molecule has 1 aromatic carbocycles. The highest BCUT2D eigenvalue weighted by atomic mass is 32.1. The highest BCUT2D eigenvalue weighted by Crippen LogP contribution is 2.14. The highest BCUT2D eigenvalue weighted by molar-refractivity contribution is 7.13. The number of hydrogen-bond donors (Lipinski definition) is 1. The fourth-order valence-corrected chi connectivity index (χ4v) is 2.43. The Morgan fingerprint density at radius 2 is 2.26 bits per heavy atom. The Bertz CT molecular complexity index is 632. The summed E-state index contributed by atoms with van der Waals surface area (Å²) in [4.78, 5) is 22.2. The Labute approximate surface area is 113 Å². The van der Waals surface area contributed by atoms with Crippen molar-refractivity contribution in [1.29, 1.82) is 0 Å². The van der Waals surface area contributed by atoms with Crippen LogP contribution in [-0.2, 0) is 6.54 Å². The third-order valence-electron chi connectivity index (χ3n) is 2.72. The Hall–Kier alpha value is -2.28. The number of nitrogen functional groups attached to an aromatic ring is 1. The van der Waals surface area contributed by atoms with Crippen LogP contribution in [0.3, 0.4) is 0 Å². The van der Waals surface area contributed by atoms with Crippen molar-refractivity contribution in [2.24, 2.45) is 0 Å². The third-order valence-corrected chi connectivity index (χ3v) is 3.64. The van der Waals surface area contributed by atoms with Gasteiger partial charge in [0.1, 0.15) is 5.69 Å². The molecule has 0 radical (unpaired) electrons. The molecule has 2 aromatic rings. The Balaban J connectivity index is 2.25. The van der Waals surface area contributed by atoms with E-state index in [4.69, 9.17) is 5.73 Å². The lowest BCUT2D eigenvalue weighted by Gasteiger charge is -2.01. The van der Waals surface area contributed by atoms with Crippen molar-refractivity contribution < 1.29 is 14.3 Å². The predicted molar refractivity (Wildman–Crippen MR) is 71.1 cm³/mol. The lowest BCUT2D eigenvalue weighted by Crippen LogP contribution is -2.41. The zero-order valence-corrected chi connectivity index (χ0v) is 11.0. The van der Waals surface area contributed by atoms with E-state index in [1.807, 2.05) is 12.3 Å². The maximum Gasteiger partial charge on any atom is 0.332 e. The van der Waals surface area contributed by atoms with Gasteiger partial charge in [-0.25, -0.2) is 4.57 Å². The van der Waals surface area contributed by atoms with Crippen molar-refractivity contribution in [2.45, 2.75) is 13.5 Å². The van der Waals surface area contributed by atoms with E-state index in [0.717, 1.165) is 5.69 Å². The standard InChI is InChI=1S/C12H11N3O3S/c1-8-7-19-12(13)14(8)6-11(16)9-3-2-4-10(5-9)15(17)18/h2-5,7,13H,6H2,1H3/p+1. The van der Waals surface area contributed by atoms with Gasteiger partial charge in [-0.1, -0.05) is 23.5 Å². The summed E-state index contributed by atoms with van der Waals surface area (Å²) in [5.74, 6) is -0.207. The number of carbonyl (C=O) groups is 1. The van der Waals surface area contributed by atoms with Crippen LogP contribution in [0.15, 0.2) is 29.6 Å². The van der Waals surface area contributed by atoms with Gasteiger partial charge in [0.05, 0.1) is 4.92 Å². The largest absolute Gasteiger partial charge is 0.332 e. The summed E-state index contributed by atoms with van der Waals surface area (Å²) >= 11 is 1.36. The minimum atomic E-state index is -0.520. The smallest absolute Gasteiger partial charge is 0.290 e. The Morgan fingerprint density at radius 3 is 2.84 bits per heavy atom. The molecule has 0 atom stereocenters. The number of benzene rings is 1. The van der Waals surface area contributed by atoms with Crippen LogP contribution in [0.1, 0.15) is 16.1 Å². The second-order valence-corrected chi connectivity index (χ2v) is 4.92. The number of carbonyl (C=O) groups excluding carboxylic acids is 1. The van der Waals surface area contributed by atoms with E-state index in [0.29, 0.717) is 10.7 Å². The van der Waals surface area contributed by atoms with E-state index in [-0.39, 0.29) is 18.0 Å². The number of hydrogen-bond acceptors (Lipinski definition) is 5. The monoisotopic (exact) mass is 278 g/mol. The van der Waals surface area contributed by atoms with Crippen LogP contribution in [0.4, 0.5) is 10.8 Å². The van der Waals surface area contributed by atoms with Gasteiger partial charge in [0.2, 0.25) is 5.78 Å². The summed E-state index contributed by atoms with van der Waals surface area (Å²) in [6.07, 6.45) is 0. The zero-order valence-electron chi connectivity index (χ0n) is 10.2. The van der Waals surface area contributed by atoms with Gasteiger partial charge in [0.15, 0.2) is 6.54 Å². The number of thiazole rings is 1. The molecule has 0 amide bonds. The van der Waals surface area contributed by atoms with Crippen molar-refractivity contribution in [3.63, 3.8) is 0 Å². The quantitative estimate of drug-likeness (QED) is 0.399. The summed E-state index contributed by atoms with van der Waals surface area (Å²) < 4.78 is 1.69. The number of anilines is 1. The summed E-state index contributed by atoms with van der Waals surface area (Å²) in [6, 6.07) is 5.70. The minimum Gasteiger partial charge on any atom is -0.290 e. The number of aryl methyl sites for hydroxylation is 1. The van der Waals surface area contributed by atoms with Gasteiger partial charge in [-0.2, -0.15) is 0 Å². The Kier molecular flexibility index (Phi) is 3.57. The first-order valence-corrected chi connectivity index (χ1v) is 6.38. The molecule has 0 bridgehead atoms. The predicted octanol–water partition coefficient (Wildman–Crippen LogP) is 1.72. The maximum atomic E-state index is 12.1. The van der Waals surface area contributed by atoms with Gasteiger partial charge >= 0.3 is 5.13 Å². The first-order valence-electron chi connectivity index (χ1n) is 5.50. The summed E-state index contributed by atoms with van der Waals surface area (Å²) in [5, 5.41) is 13.1. The first-order chi connectivity index (χ1) is 8.99. The first kappa shape index (κ1) is 13.2. The van der Waals surface area contributed by atoms with Crippen LogP contribution in [-0.4, -0.2) is 10.7 Å². The van der Waals surface area contributed by atoms with Crippen LogP contribution in [0.2, 0.25) is 0 Å². The second-order valence-electron chi connectivity index (χ2n) is 4.03. The number of rotatable bonds is 4. The molecule has 6 nitrogen and oxygen atoms in total. The molecule has 1 heterocycles. The van der Waals surface area contributed by atoms with Crippen LogP contribution < -0.4 is 10.3 Å². The molecule has 0 aliphatic heterocycles. The number of ketones is 1. The molecule has 1 aromatic heterocycles. The van der Waals surface area contributed by atoms with Crippen molar-refractivity contribution in [2.75, 3.05) is 5.73 Å². The SMILES string of the molecule is Cc1csc(N)[n+]1CC(=O)c1cccc([N+](=O)[O-])c1. The molecule has 0 aliphatic carbocycles. The number of non-ortho nitro benzene ring substituents is 1. The lowest BCUT2D eigenvalue weighted by molar-refractivity contribution is -0.670. The molecule has 0 saturated heterocycles. The molecule has 2 N–H and O–H groups in total. The number of nitro benzene ring substituents is 1. The molecule has 7 heteroatoms. The summed E-state index contributed by atoms with van der Waals surface area (Å²) in [7, 11) is 0. The third kappa shape index (κ3) is 2.76. The topological polar surface area (TPSA) is 90.1 Å². The van der Waals surface area contributed by atoms with Crippen LogP contribution in [0, 0.1) is 17.0 Å². The fraction of sp³-hybridized carbons (Fsp3) is 0.167. The van der Waals surface area contributed by atoms with E-state index in [1.54, 1.807) is 10.6 Å². The van der Waals surface area contributed by atoms with Crippen LogP contribution in [0.25, 0.3) is 0 Å². The van der Waals surface area contributed by atoms with Crippen LogP contribution >= 0.6 is 11.3 Å². The summed E-state index contributed by atoms with van der Waals surface area (Å²) in [5.41, 5.74) is 6.88. The molecule has 19 heavy (non-hydrogen) atoms. The van der Waals surface area contributed by atoms with Gasteiger partial charge in [-0.3, -0.25) is 20.6 Å². The van der Waals surface area contributed by atoms with E-state index in [9.17, 15) is 14.9 Å². The molecular weight excluding hydrogens is 266 g/mol. The van der Waals surface area contributed by atoms with Gasteiger partial charge in [-0.15, -0.1) is 0 Å². The number of aromatic nitrogens is 1. The molecular formula is C12H12N3O3S+. The van der Waals surface area contributed by atoms with Gasteiger partial charge < -0.3 is 0 Å². The van der Waals surface area contributed by atoms with Crippen LogP contribution in [0.5, 0.6) is 0 Å². The fourth-order valence-electron chi connectivity index (χ4n) is 1.68. The minimum absolute atomic E-state index is 0.0856. The molecule has 2 rings (SSSR count). The number of nitrogens with zero attached hydrogens (tertiary/aromatic N) is 2. The number of Topliss-reactive ketones (excluding diaryl/α,β-unsaturated/α-hetero) is 1. The second kappa shape index (κ2) is 5.15. The normalized spacial score (nSPS) is 10.4. The summed E-state index contributed by atoms with van der Waals surface area (Å²) in [6.45, 7) is 1.94. The highest BCUT2D eigenvalue weighted by Gasteiger charge is 2.18. The van der Waals surface area contributed by atoms with Gasteiger partial charge in [0, 0.05) is 23.1 Å². The van der Waals surface area contributed by atoms with Gasteiger partial charge in [-0.05, 0) is 6.92 Å². The molecule has 98 valence electrons. The van der Waals surface area contributed by atoms with Crippen molar-refractivity contribution in [1.82, 2.24) is 0 Å². The molecule has 0 spiro atoms. The molecule has 0 aliphatic rings.